The second-order valence-corrected chi connectivity index (χ2v) is 4.23. The SMILES string of the molecule is CCC(C)(CN)C(=O)N(CCC#N)CCC#N. The quantitative estimate of drug-likeness (QED) is 0.714. The number of hydrogen-bond acceptors (Lipinski definition) is 4. The van der Waals surface area contributed by atoms with Crippen LogP contribution in [0.25, 0.3) is 0 Å². The normalized spacial score (nSPS) is 13.2. The standard InChI is InChI=1S/C12H20N4O/c1-3-12(2,10-15)11(17)16(8-4-6-13)9-5-7-14/h3-5,8-10,15H2,1-2H3. The first kappa shape index (κ1) is 15.4. The Kier molecular flexibility index (Phi) is 6.93. The fourth-order valence-electron chi connectivity index (χ4n) is 1.45. The summed E-state index contributed by atoms with van der Waals surface area (Å²) in [7, 11) is 0. The van der Waals surface area contributed by atoms with Crippen LogP contribution in [-0.2, 0) is 4.79 Å². The molecule has 5 nitrogen and oxygen atoms in total. The lowest BCUT2D eigenvalue weighted by Crippen LogP contribution is -2.46. The van der Waals surface area contributed by atoms with Gasteiger partial charge in [0, 0.05) is 19.6 Å². The van der Waals surface area contributed by atoms with Crippen molar-refractivity contribution >= 4 is 5.91 Å². The Hall–Kier alpha value is -1.59. The number of carbonyl (C=O) groups excluding carboxylic acids is 1. The second kappa shape index (κ2) is 7.65. The fourth-order valence-corrected chi connectivity index (χ4v) is 1.45. The highest BCUT2D eigenvalue weighted by molar-refractivity contribution is 5.82. The first-order valence-electron chi connectivity index (χ1n) is 5.79. The van der Waals surface area contributed by atoms with E-state index in [-0.39, 0.29) is 25.3 Å². The maximum atomic E-state index is 12.3. The Labute approximate surface area is 103 Å². The number of amides is 1. The molecular weight excluding hydrogens is 216 g/mol. The van der Waals surface area contributed by atoms with Crippen molar-refractivity contribution in [1.29, 1.82) is 10.5 Å². The van der Waals surface area contributed by atoms with Gasteiger partial charge in [0.1, 0.15) is 0 Å². The molecule has 0 heterocycles. The fraction of sp³-hybridized carbons (Fsp3) is 0.750. The average Bonchev–Trinajstić information content (AvgIpc) is 2.37. The molecule has 0 aromatic carbocycles. The number of rotatable bonds is 7. The van der Waals surface area contributed by atoms with Crippen LogP contribution in [0.15, 0.2) is 0 Å². The van der Waals surface area contributed by atoms with Gasteiger partial charge in [-0.3, -0.25) is 4.79 Å². The summed E-state index contributed by atoms with van der Waals surface area (Å²) in [6, 6.07) is 4.02. The number of hydrogen-bond donors (Lipinski definition) is 1. The Morgan fingerprint density at radius 3 is 2.06 bits per heavy atom. The maximum Gasteiger partial charge on any atom is 0.229 e. The van der Waals surface area contributed by atoms with Crippen molar-refractivity contribution in [1.82, 2.24) is 4.90 Å². The van der Waals surface area contributed by atoms with Gasteiger partial charge in [0.25, 0.3) is 0 Å². The van der Waals surface area contributed by atoms with Crippen LogP contribution in [-0.4, -0.2) is 30.4 Å². The van der Waals surface area contributed by atoms with Crippen LogP contribution in [0.3, 0.4) is 0 Å². The van der Waals surface area contributed by atoms with E-state index in [4.69, 9.17) is 16.3 Å². The molecule has 0 saturated heterocycles. The summed E-state index contributed by atoms with van der Waals surface area (Å²) in [5, 5.41) is 17.1. The monoisotopic (exact) mass is 236 g/mol. The van der Waals surface area contributed by atoms with Crippen LogP contribution in [0.5, 0.6) is 0 Å². The van der Waals surface area contributed by atoms with E-state index in [1.807, 2.05) is 26.0 Å². The minimum atomic E-state index is -0.592. The van der Waals surface area contributed by atoms with Crippen molar-refractivity contribution in [2.45, 2.75) is 33.1 Å². The summed E-state index contributed by atoms with van der Waals surface area (Å²) in [6.45, 7) is 4.75. The zero-order valence-electron chi connectivity index (χ0n) is 10.6. The first-order valence-corrected chi connectivity index (χ1v) is 5.79. The zero-order valence-corrected chi connectivity index (χ0v) is 10.6. The molecule has 0 spiro atoms. The number of nitrogens with zero attached hydrogens (tertiary/aromatic N) is 3. The molecule has 0 saturated carbocycles. The lowest BCUT2D eigenvalue weighted by atomic mass is 9.86. The van der Waals surface area contributed by atoms with Crippen LogP contribution < -0.4 is 5.73 Å². The lowest BCUT2D eigenvalue weighted by Gasteiger charge is -2.32. The van der Waals surface area contributed by atoms with E-state index in [1.54, 1.807) is 4.90 Å². The summed E-state index contributed by atoms with van der Waals surface area (Å²) in [5.74, 6) is -0.0620. The van der Waals surface area contributed by atoms with Gasteiger partial charge in [-0.05, 0) is 13.3 Å². The lowest BCUT2D eigenvalue weighted by molar-refractivity contribution is -0.140. The van der Waals surface area contributed by atoms with Crippen LogP contribution in [0.4, 0.5) is 0 Å². The van der Waals surface area contributed by atoms with Crippen molar-refractivity contribution in [3.8, 4) is 12.1 Å². The molecule has 1 atom stereocenters. The van der Waals surface area contributed by atoms with Gasteiger partial charge in [0.15, 0.2) is 0 Å². The molecule has 0 aromatic rings. The number of carbonyl (C=O) groups is 1. The Balaban J connectivity index is 4.73. The van der Waals surface area contributed by atoms with E-state index in [2.05, 4.69) is 0 Å². The Morgan fingerprint density at radius 2 is 1.76 bits per heavy atom. The molecule has 0 aliphatic heterocycles. The van der Waals surface area contributed by atoms with Crippen LogP contribution in [0.1, 0.15) is 33.1 Å². The molecule has 1 unspecified atom stereocenters. The van der Waals surface area contributed by atoms with Crippen molar-refractivity contribution in [2.75, 3.05) is 19.6 Å². The predicted octanol–water partition coefficient (Wildman–Crippen LogP) is 1.02. The third kappa shape index (κ3) is 4.42. The molecule has 0 rings (SSSR count). The minimum absolute atomic E-state index is 0.0620. The van der Waals surface area contributed by atoms with E-state index < -0.39 is 5.41 Å². The van der Waals surface area contributed by atoms with Crippen molar-refractivity contribution in [3.05, 3.63) is 0 Å². The molecule has 1 amide bonds. The second-order valence-electron chi connectivity index (χ2n) is 4.23. The van der Waals surface area contributed by atoms with Crippen LogP contribution in [0.2, 0.25) is 0 Å². The summed E-state index contributed by atoms with van der Waals surface area (Å²) < 4.78 is 0. The van der Waals surface area contributed by atoms with Gasteiger partial charge in [0.2, 0.25) is 5.91 Å². The highest BCUT2D eigenvalue weighted by Gasteiger charge is 2.33. The van der Waals surface area contributed by atoms with Gasteiger partial charge in [-0.2, -0.15) is 10.5 Å². The molecule has 5 heteroatoms. The molecule has 0 fully saturated rings. The highest BCUT2D eigenvalue weighted by Crippen LogP contribution is 2.22. The van der Waals surface area contributed by atoms with Crippen LogP contribution >= 0.6 is 0 Å². The van der Waals surface area contributed by atoms with E-state index in [1.165, 1.54) is 0 Å². The van der Waals surface area contributed by atoms with Gasteiger partial charge in [-0.1, -0.05) is 6.92 Å². The number of nitrogens with two attached hydrogens (primary N) is 1. The van der Waals surface area contributed by atoms with Crippen molar-refractivity contribution in [3.63, 3.8) is 0 Å². The maximum absolute atomic E-state index is 12.3. The smallest absolute Gasteiger partial charge is 0.229 e. The third-order valence-corrected chi connectivity index (χ3v) is 3.02. The van der Waals surface area contributed by atoms with Gasteiger partial charge in [0.05, 0.1) is 30.4 Å². The first-order chi connectivity index (χ1) is 8.05. The van der Waals surface area contributed by atoms with Gasteiger partial charge >= 0.3 is 0 Å². The average molecular weight is 236 g/mol. The molecular formula is C12H20N4O. The summed E-state index contributed by atoms with van der Waals surface area (Å²) in [5.41, 5.74) is 5.04. The number of nitriles is 2. The Bertz CT molecular complexity index is 304. The molecule has 0 aliphatic rings. The molecule has 17 heavy (non-hydrogen) atoms. The van der Waals surface area contributed by atoms with E-state index in [0.29, 0.717) is 19.5 Å². The largest absolute Gasteiger partial charge is 0.340 e. The molecule has 0 aromatic heterocycles. The topological polar surface area (TPSA) is 93.9 Å². The van der Waals surface area contributed by atoms with Gasteiger partial charge < -0.3 is 10.6 Å². The summed E-state index contributed by atoms with van der Waals surface area (Å²) >= 11 is 0. The summed E-state index contributed by atoms with van der Waals surface area (Å²) in [6.07, 6.45) is 1.21. The van der Waals surface area contributed by atoms with E-state index in [0.717, 1.165) is 0 Å². The van der Waals surface area contributed by atoms with E-state index >= 15 is 0 Å². The van der Waals surface area contributed by atoms with Crippen molar-refractivity contribution < 1.29 is 4.79 Å². The molecule has 0 aliphatic carbocycles. The van der Waals surface area contributed by atoms with Gasteiger partial charge in [-0.25, -0.2) is 0 Å². The minimum Gasteiger partial charge on any atom is -0.340 e. The zero-order chi connectivity index (χ0) is 13.3. The van der Waals surface area contributed by atoms with E-state index in [9.17, 15) is 4.79 Å². The highest BCUT2D eigenvalue weighted by atomic mass is 16.2. The molecule has 0 bridgehead atoms. The van der Waals surface area contributed by atoms with Gasteiger partial charge in [-0.15, -0.1) is 0 Å². The molecule has 94 valence electrons. The predicted molar refractivity (Wildman–Crippen MR) is 64.5 cm³/mol. The third-order valence-electron chi connectivity index (χ3n) is 3.02. The molecule has 0 radical (unpaired) electrons. The Morgan fingerprint density at radius 1 is 1.29 bits per heavy atom. The molecule has 2 N–H and O–H groups in total. The summed E-state index contributed by atoms with van der Waals surface area (Å²) in [4.78, 5) is 13.8. The van der Waals surface area contributed by atoms with Crippen LogP contribution in [0, 0.1) is 28.1 Å². The van der Waals surface area contributed by atoms with Crippen molar-refractivity contribution in [2.24, 2.45) is 11.1 Å².